The van der Waals surface area contributed by atoms with Crippen LogP contribution in [0.15, 0.2) is 24.7 Å². The van der Waals surface area contributed by atoms with Gasteiger partial charge in [-0.1, -0.05) is 0 Å². The van der Waals surface area contributed by atoms with Crippen molar-refractivity contribution in [2.45, 2.75) is 19.4 Å². The number of aromatic amines is 1. The van der Waals surface area contributed by atoms with Crippen LogP contribution in [0.3, 0.4) is 0 Å². The number of nitrogens with zero attached hydrogens (tertiary/aromatic N) is 2. The zero-order valence-corrected chi connectivity index (χ0v) is 11.0. The van der Waals surface area contributed by atoms with E-state index < -0.39 is 4.92 Å². The lowest BCUT2D eigenvalue weighted by Crippen LogP contribution is -2.19. The second-order valence-corrected chi connectivity index (χ2v) is 4.76. The van der Waals surface area contributed by atoms with Gasteiger partial charge in [0, 0.05) is 18.7 Å². The van der Waals surface area contributed by atoms with Crippen LogP contribution in [0.1, 0.15) is 17.7 Å². The molecule has 8 nitrogen and oxygen atoms in total. The molecule has 0 unspecified atom stereocenters. The van der Waals surface area contributed by atoms with E-state index in [1.165, 1.54) is 6.07 Å². The number of hydrogen-bond acceptors (Lipinski definition) is 5. The van der Waals surface area contributed by atoms with E-state index in [0.29, 0.717) is 30.8 Å². The Kier molecular flexibility index (Phi) is 3.27. The molecule has 0 bridgehead atoms. The molecule has 21 heavy (non-hydrogen) atoms. The molecule has 1 aliphatic rings. The molecule has 0 spiro atoms. The third-order valence-corrected chi connectivity index (χ3v) is 3.34. The quantitative estimate of drug-likeness (QED) is 0.586. The highest BCUT2D eigenvalue weighted by Crippen LogP contribution is 2.34. The minimum atomic E-state index is -0.462. The van der Waals surface area contributed by atoms with E-state index in [1.807, 2.05) is 0 Å². The maximum Gasteiger partial charge on any atom is 0.294 e. The van der Waals surface area contributed by atoms with Crippen molar-refractivity contribution in [2.24, 2.45) is 0 Å². The van der Waals surface area contributed by atoms with Crippen LogP contribution in [-0.2, 0) is 17.8 Å². The van der Waals surface area contributed by atoms with E-state index in [4.69, 9.17) is 0 Å². The molecule has 1 amide bonds. The largest absolute Gasteiger partial charge is 0.374 e. The fourth-order valence-electron chi connectivity index (χ4n) is 2.28. The summed E-state index contributed by atoms with van der Waals surface area (Å²) in [5, 5.41) is 16.9. The molecule has 0 fully saturated rings. The highest BCUT2D eigenvalue weighted by molar-refractivity contribution is 5.95. The number of imidazole rings is 1. The van der Waals surface area contributed by atoms with Gasteiger partial charge in [-0.25, -0.2) is 4.98 Å². The van der Waals surface area contributed by atoms with E-state index in [-0.39, 0.29) is 11.6 Å². The summed E-state index contributed by atoms with van der Waals surface area (Å²) in [5.41, 5.74) is 2.62. The van der Waals surface area contributed by atoms with Crippen LogP contribution in [0, 0.1) is 10.1 Å². The van der Waals surface area contributed by atoms with Gasteiger partial charge in [-0.2, -0.15) is 0 Å². The summed E-state index contributed by atoms with van der Waals surface area (Å²) in [7, 11) is 0. The van der Waals surface area contributed by atoms with Gasteiger partial charge in [-0.3, -0.25) is 14.9 Å². The van der Waals surface area contributed by atoms with Crippen LogP contribution in [0.25, 0.3) is 0 Å². The van der Waals surface area contributed by atoms with E-state index in [2.05, 4.69) is 20.6 Å². The third-order valence-electron chi connectivity index (χ3n) is 3.34. The van der Waals surface area contributed by atoms with Crippen LogP contribution >= 0.6 is 0 Å². The number of H-pyrrole nitrogens is 1. The van der Waals surface area contributed by atoms with Gasteiger partial charge in [-0.15, -0.1) is 0 Å². The molecule has 0 saturated carbocycles. The Balaban J connectivity index is 1.91. The zero-order chi connectivity index (χ0) is 14.8. The van der Waals surface area contributed by atoms with Crippen molar-refractivity contribution in [3.05, 3.63) is 46.0 Å². The van der Waals surface area contributed by atoms with E-state index in [0.717, 1.165) is 11.3 Å². The SMILES string of the molecule is O=C1CCc2cc(NCc3cnc[nH]3)c([N+](=O)[O-])cc2N1. The average Bonchev–Trinajstić information content (AvgIpc) is 2.97. The molecule has 3 rings (SSSR count). The van der Waals surface area contributed by atoms with Gasteiger partial charge in [-0.05, 0) is 18.1 Å². The Morgan fingerprint density at radius 3 is 2.95 bits per heavy atom. The molecule has 2 heterocycles. The summed E-state index contributed by atoms with van der Waals surface area (Å²) in [6.45, 7) is 0.409. The van der Waals surface area contributed by atoms with Crippen LogP contribution in [0.4, 0.5) is 17.1 Å². The summed E-state index contributed by atoms with van der Waals surface area (Å²) in [6, 6.07) is 3.13. The van der Waals surface area contributed by atoms with Crippen molar-refractivity contribution >= 4 is 23.0 Å². The first-order valence-electron chi connectivity index (χ1n) is 6.46. The second-order valence-electron chi connectivity index (χ2n) is 4.76. The van der Waals surface area contributed by atoms with Crippen molar-refractivity contribution in [3.63, 3.8) is 0 Å². The first-order valence-corrected chi connectivity index (χ1v) is 6.46. The van der Waals surface area contributed by atoms with Crippen LogP contribution < -0.4 is 10.6 Å². The summed E-state index contributed by atoms with van der Waals surface area (Å²) in [6.07, 6.45) is 4.17. The molecule has 1 aromatic carbocycles. The van der Waals surface area contributed by atoms with Gasteiger partial charge >= 0.3 is 0 Å². The number of nitro benzene ring substituents is 1. The van der Waals surface area contributed by atoms with Crippen molar-refractivity contribution in [3.8, 4) is 0 Å². The number of nitro groups is 1. The first kappa shape index (κ1) is 13.1. The number of carbonyl (C=O) groups is 1. The van der Waals surface area contributed by atoms with Crippen molar-refractivity contribution in [2.75, 3.05) is 10.6 Å². The number of carbonyl (C=O) groups excluding carboxylic acids is 1. The molecule has 1 aromatic heterocycles. The molecule has 0 radical (unpaired) electrons. The Bertz CT molecular complexity index is 696. The minimum Gasteiger partial charge on any atom is -0.374 e. The fraction of sp³-hybridized carbons (Fsp3) is 0.231. The zero-order valence-electron chi connectivity index (χ0n) is 11.0. The lowest BCUT2D eigenvalue weighted by molar-refractivity contribution is -0.383. The number of hydrogen-bond donors (Lipinski definition) is 3. The number of fused-ring (bicyclic) bond motifs is 1. The molecule has 8 heteroatoms. The van der Waals surface area contributed by atoms with Crippen molar-refractivity contribution in [1.29, 1.82) is 0 Å². The van der Waals surface area contributed by atoms with Gasteiger partial charge < -0.3 is 15.6 Å². The molecule has 0 aliphatic carbocycles. The second kappa shape index (κ2) is 5.23. The minimum absolute atomic E-state index is 0.0598. The summed E-state index contributed by atoms with van der Waals surface area (Å²) in [4.78, 5) is 28.9. The Labute approximate surface area is 119 Å². The number of benzene rings is 1. The third kappa shape index (κ3) is 2.69. The number of anilines is 2. The summed E-state index contributed by atoms with van der Waals surface area (Å²) >= 11 is 0. The first-order chi connectivity index (χ1) is 10.1. The van der Waals surface area contributed by atoms with Crippen LogP contribution in [0.5, 0.6) is 0 Å². The molecular formula is C13H13N5O3. The Morgan fingerprint density at radius 2 is 2.24 bits per heavy atom. The Morgan fingerprint density at radius 1 is 1.38 bits per heavy atom. The summed E-state index contributed by atoms with van der Waals surface area (Å²) < 4.78 is 0. The van der Waals surface area contributed by atoms with Crippen molar-refractivity contribution < 1.29 is 9.72 Å². The maximum absolute atomic E-state index is 11.4. The van der Waals surface area contributed by atoms with E-state index in [9.17, 15) is 14.9 Å². The molecule has 1 aliphatic heterocycles. The number of aryl methyl sites for hydroxylation is 1. The van der Waals surface area contributed by atoms with Gasteiger partial charge in [0.1, 0.15) is 5.69 Å². The van der Waals surface area contributed by atoms with Gasteiger partial charge in [0.05, 0.1) is 29.2 Å². The Hall–Kier alpha value is -2.90. The average molecular weight is 287 g/mol. The molecule has 0 saturated heterocycles. The smallest absolute Gasteiger partial charge is 0.294 e. The maximum atomic E-state index is 11.4. The lowest BCUT2D eigenvalue weighted by atomic mass is 10.0. The van der Waals surface area contributed by atoms with Gasteiger partial charge in [0.15, 0.2) is 0 Å². The predicted octanol–water partition coefficient (Wildman–Crippen LogP) is 1.81. The number of nitrogens with one attached hydrogen (secondary N) is 3. The van der Waals surface area contributed by atoms with Gasteiger partial charge in [0.2, 0.25) is 5.91 Å². The highest BCUT2D eigenvalue weighted by atomic mass is 16.6. The van der Waals surface area contributed by atoms with Crippen LogP contribution in [0.2, 0.25) is 0 Å². The number of amides is 1. The molecule has 3 N–H and O–H groups in total. The van der Waals surface area contributed by atoms with Crippen LogP contribution in [-0.4, -0.2) is 20.8 Å². The van der Waals surface area contributed by atoms with E-state index >= 15 is 0 Å². The molecular weight excluding hydrogens is 274 g/mol. The number of aromatic nitrogens is 2. The predicted molar refractivity (Wildman–Crippen MR) is 76.0 cm³/mol. The normalized spacial score (nSPS) is 13.4. The molecule has 2 aromatic rings. The molecule has 0 atom stereocenters. The standard InChI is InChI=1S/C13H13N5O3/c19-13-2-1-8-3-11(15-6-9-5-14-7-16-9)12(18(20)21)4-10(8)17-13/h3-5,7,15H,1-2,6H2,(H,14,16)(H,17,19). The van der Waals surface area contributed by atoms with E-state index in [1.54, 1.807) is 18.6 Å². The monoisotopic (exact) mass is 287 g/mol. The fourth-order valence-corrected chi connectivity index (χ4v) is 2.28. The number of rotatable bonds is 4. The molecule has 108 valence electrons. The highest BCUT2D eigenvalue weighted by Gasteiger charge is 2.22. The summed E-state index contributed by atoms with van der Waals surface area (Å²) in [5.74, 6) is -0.116. The van der Waals surface area contributed by atoms with Crippen molar-refractivity contribution in [1.82, 2.24) is 9.97 Å². The topological polar surface area (TPSA) is 113 Å². The van der Waals surface area contributed by atoms with Gasteiger partial charge in [0.25, 0.3) is 5.69 Å². The lowest BCUT2D eigenvalue weighted by Gasteiger charge is -2.18.